The van der Waals surface area contributed by atoms with Gasteiger partial charge in [-0.25, -0.2) is 0 Å². The zero-order chi connectivity index (χ0) is 12.9. The zero-order valence-electron chi connectivity index (χ0n) is 9.22. The Bertz CT molecular complexity index is 357. The highest BCUT2D eigenvalue weighted by atomic mass is 35.5. The summed E-state index contributed by atoms with van der Waals surface area (Å²) < 4.78 is 38.7. The van der Waals surface area contributed by atoms with E-state index in [9.17, 15) is 13.2 Å². The van der Waals surface area contributed by atoms with Gasteiger partial charge in [-0.1, -0.05) is 29.8 Å². The molecular weight excluding hydrogens is 255 g/mol. The molecule has 0 bridgehead atoms. The topological polar surface area (TPSA) is 21.3 Å². The van der Waals surface area contributed by atoms with Crippen LogP contribution in [0.1, 0.15) is 18.5 Å². The van der Waals surface area contributed by atoms with Gasteiger partial charge in [0.2, 0.25) is 0 Å². The maximum Gasteiger partial charge on any atom is 0.522 e. The van der Waals surface area contributed by atoms with Crippen molar-refractivity contribution in [1.29, 1.82) is 0 Å². The van der Waals surface area contributed by atoms with Crippen LogP contribution in [0.4, 0.5) is 13.2 Å². The minimum absolute atomic E-state index is 0.103. The lowest BCUT2D eigenvalue weighted by Gasteiger charge is -2.16. The summed E-state index contributed by atoms with van der Waals surface area (Å²) in [7, 11) is 0. The van der Waals surface area contributed by atoms with Gasteiger partial charge in [0, 0.05) is 17.6 Å². The SMILES string of the molecule is C[C@H](NCCOC(F)(F)F)c1ccccc1Cl. The maximum atomic E-state index is 11.7. The first-order valence-corrected chi connectivity index (χ1v) is 5.46. The van der Waals surface area contributed by atoms with Crippen LogP contribution in [0.25, 0.3) is 0 Å². The third-order valence-corrected chi connectivity index (χ3v) is 2.53. The van der Waals surface area contributed by atoms with Gasteiger partial charge < -0.3 is 5.32 Å². The van der Waals surface area contributed by atoms with Crippen LogP contribution < -0.4 is 5.32 Å². The Labute approximate surface area is 103 Å². The van der Waals surface area contributed by atoms with Crippen LogP contribution in [0, 0.1) is 0 Å². The molecule has 0 fully saturated rings. The van der Waals surface area contributed by atoms with Crippen molar-refractivity contribution in [3.8, 4) is 0 Å². The summed E-state index contributed by atoms with van der Waals surface area (Å²) in [6, 6.07) is 7.06. The van der Waals surface area contributed by atoms with E-state index in [4.69, 9.17) is 11.6 Å². The van der Waals surface area contributed by atoms with Crippen molar-refractivity contribution in [3.05, 3.63) is 34.9 Å². The molecule has 0 aliphatic heterocycles. The monoisotopic (exact) mass is 267 g/mol. The fourth-order valence-corrected chi connectivity index (χ4v) is 1.68. The van der Waals surface area contributed by atoms with Crippen molar-refractivity contribution >= 4 is 11.6 Å². The predicted molar refractivity (Wildman–Crippen MR) is 59.9 cm³/mol. The lowest BCUT2D eigenvalue weighted by molar-refractivity contribution is -0.323. The van der Waals surface area contributed by atoms with E-state index >= 15 is 0 Å². The number of alkyl halides is 3. The predicted octanol–water partition coefficient (Wildman–Crippen LogP) is 3.53. The Morgan fingerprint density at radius 2 is 2.00 bits per heavy atom. The molecular formula is C11H13ClF3NO. The molecule has 1 rings (SSSR count). The normalized spacial score (nSPS) is 13.7. The van der Waals surface area contributed by atoms with Crippen molar-refractivity contribution in [1.82, 2.24) is 5.32 Å². The second kappa shape index (κ2) is 6.23. The lowest BCUT2D eigenvalue weighted by Crippen LogP contribution is -2.26. The number of rotatable bonds is 5. The van der Waals surface area contributed by atoms with Crippen LogP contribution in [-0.2, 0) is 4.74 Å². The van der Waals surface area contributed by atoms with Crippen LogP contribution in [0.5, 0.6) is 0 Å². The molecule has 0 unspecified atom stereocenters. The molecule has 0 saturated heterocycles. The summed E-state index contributed by atoms with van der Waals surface area (Å²) in [4.78, 5) is 0. The number of halogens is 4. The van der Waals surface area contributed by atoms with Gasteiger partial charge in [0.1, 0.15) is 0 Å². The largest absolute Gasteiger partial charge is 0.522 e. The Morgan fingerprint density at radius 1 is 1.35 bits per heavy atom. The smallest absolute Gasteiger partial charge is 0.308 e. The molecule has 2 nitrogen and oxygen atoms in total. The highest BCUT2D eigenvalue weighted by Gasteiger charge is 2.28. The molecule has 1 aromatic carbocycles. The molecule has 0 spiro atoms. The third kappa shape index (κ3) is 5.39. The second-order valence-corrected chi connectivity index (χ2v) is 3.90. The molecule has 0 radical (unpaired) electrons. The summed E-state index contributed by atoms with van der Waals surface area (Å²) in [5.74, 6) is 0. The Hall–Kier alpha value is -0.780. The Balaban J connectivity index is 2.36. The number of benzene rings is 1. The lowest BCUT2D eigenvalue weighted by atomic mass is 10.1. The highest BCUT2D eigenvalue weighted by Crippen LogP contribution is 2.22. The molecule has 0 heterocycles. The summed E-state index contributed by atoms with van der Waals surface area (Å²) in [6.07, 6.45) is -4.57. The minimum Gasteiger partial charge on any atom is -0.308 e. The molecule has 0 amide bonds. The second-order valence-electron chi connectivity index (χ2n) is 3.49. The molecule has 1 N–H and O–H groups in total. The molecule has 0 saturated carbocycles. The van der Waals surface area contributed by atoms with Crippen LogP contribution in [0.15, 0.2) is 24.3 Å². The van der Waals surface area contributed by atoms with Gasteiger partial charge in [0.15, 0.2) is 0 Å². The molecule has 0 aromatic heterocycles. The van der Waals surface area contributed by atoms with Crippen LogP contribution in [-0.4, -0.2) is 19.5 Å². The average molecular weight is 268 g/mol. The number of nitrogens with one attached hydrogen (secondary N) is 1. The van der Waals surface area contributed by atoms with Crippen LogP contribution in [0.3, 0.4) is 0 Å². The highest BCUT2D eigenvalue weighted by molar-refractivity contribution is 6.31. The summed E-state index contributed by atoms with van der Waals surface area (Å²) in [5, 5.41) is 3.49. The van der Waals surface area contributed by atoms with Crippen molar-refractivity contribution in [2.75, 3.05) is 13.2 Å². The average Bonchev–Trinajstić information content (AvgIpc) is 2.23. The summed E-state index contributed by atoms with van der Waals surface area (Å²) in [6.45, 7) is 1.51. The fourth-order valence-electron chi connectivity index (χ4n) is 1.38. The van der Waals surface area contributed by atoms with E-state index in [2.05, 4.69) is 10.1 Å². The third-order valence-electron chi connectivity index (χ3n) is 2.19. The maximum absolute atomic E-state index is 11.7. The first-order chi connectivity index (χ1) is 7.90. The van der Waals surface area contributed by atoms with E-state index in [1.807, 2.05) is 19.1 Å². The molecule has 0 aliphatic rings. The van der Waals surface area contributed by atoms with Gasteiger partial charge >= 0.3 is 6.36 Å². The summed E-state index contributed by atoms with van der Waals surface area (Å²) >= 11 is 5.95. The number of hydrogen-bond acceptors (Lipinski definition) is 2. The fraction of sp³-hybridized carbons (Fsp3) is 0.455. The van der Waals surface area contributed by atoms with Crippen LogP contribution >= 0.6 is 11.6 Å². The first kappa shape index (κ1) is 14.3. The molecule has 1 atom stereocenters. The molecule has 0 aliphatic carbocycles. The van der Waals surface area contributed by atoms with Crippen LogP contribution in [0.2, 0.25) is 5.02 Å². The van der Waals surface area contributed by atoms with Gasteiger partial charge in [0.05, 0.1) is 6.61 Å². The van der Waals surface area contributed by atoms with Crippen molar-refractivity contribution in [3.63, 3.8) is 0 Å². The quantitative estimate of drug-likeness (QED) is 0.824. The van der Waals surface area contributed by atoms with E-state index < -0.39 is 13.0 Å². The molecule has 1 aromatic rings. The molecule has 96 valence electrons. The number of ether oxygens (including phenoxy) is 1. The van der Waals surface area contributed by atoms with Gasteiger partial charge in [-0.05, 0) is 18.6 Å². The molecule has 17 heavy (non-hydrogen) atoms. The van der Waals surface area contributed by atoms with E-state index in [0.29, 0.717) is 5.02 Å². The van der Waals surface area contributed by atoms with E-state index in [1.165, 1.54) is 0 Å². The van der Waals surface area contributed by atoms with E-state index in [-0.39, 0.29) is 12.6 Å². The van der Waals surface area contributed by atoms with Gasteiger partial charge in [-0.3, -0.25) is 4.74 Å². The molecule has 6 heteroatoms. The van der Waals surface area contributed by atoms with Gasteiger partial charge in [0.25, 0.3) is 0 Å². The first-order valence-electron chi connectivity index (χ1n) is 5.08. The Kier molecular flexibility index (Phi) is 5.24. The zero-order valence-corrected chi connectivity index (χ0v) is 9.98. The minimum atomic E-state index is -4.57. The van der Waals surface area contributed by atoms with Crippen molar-refractivity contribution in [2.45, 2.75) is 19.3 Å². The Morgan fingerprint density at radius 3 is 2.59 bits per heavy atom. The van der Waals surface area contributed by atoms with E-state index in [0.717, 1.165) is 5.56 Å². The van der Waals surface area contributed by atoms with Crippen molar-refractivity contribution in [2.24, 2.45) is 0 Å². The summed E-state index contributed by atoms with van der Waals surface area (Å²) in [5.41, 5.74) is 0.848. The van der Waals surface area contributed by atoms with Gasteiger partial charge in [-0.2, -0.15) is 0 Å². The number of hydrogen-bond donors (Lipinski definition) is 1. The van der Waals surface area contributed by atoms with E-state index in [1.54, 1.807) is 12.1 Å². The van der Waals surface area contributed by atoms with Gasteiger partial charge in [-0.15, -0.1) is 13.2 Å². The van der Waals surface area contributed by atoms with Crippen molar-refractivity contribution < 1.29 is 17.9 Å². The standard InChI is InChI=1S/C11H13ClF3NO/c1-8(9-4-2-3-5-10(9)12)16-6-7-17-11(13,14)15/h2-5,8,16H,6-7H2,1H3/t8-/m0/s1.